The highest BCUT2D eigenvalue weighted by Gasteiger charge is 2.21. The van der Waals surface area contributed by atoms with Crippen LogP contribution < -0.4 is 0 Å². The molecule has 2 nitrogen and oxygen atoms in total. The second kappa shape index (κ2) is 10.8. The average Bonchev–Trinajstić information content (AvgIpc) is 2.44. The van der Waals surface area contributed by atoms with Gasteiger partial charge in [0.15, 0.2) is 5.78 Å². The van der Waals surface area contributed by atoms with Gasteiger partial charge in [-0.3, -0.25) is 4.79 Å². The number of carbonyl (C=O) groups excluding carboxylic acids is 1. The van der Waals surface area contributed by atoms with E-state index in [9.17, 15) is 9.90 Å². The van der Waals surface area contributed by atoms with Gasteiger partial charge in [-0.2, -0.15) is 0 Å². The molecule has 0 bridgehead atoms. The largest absolute Gasteiger partial charge is 0.392 e. The molecule has 0 saturated heterocycles. The molecule has 0 aliphatic heterocycles. The first-order valence-corrected chi connectivity index (χ1v) is 8.81. The Bertz CT molecular complexity index is 393. The number of allylic oxidation sites excluding steroid dienone is 4. The number of carbonyl (C=O) groups is 1. The number of Topliss-reactive ketones (excluding diaryl/α,β-unsaturated/α-hetero) is 1. The Morgan fingerprint density at radius 1 is 1.14 bits per heavy atom. The van der Waals surface area contributed by atoms with Gasteiger partial charge >= 0.3 is 0 Å². The number of aliphatic hydroxyl groups excluding tert-OH is 1. The minimum atomic E-state index is -0.547. The number of hydrogen-bond acceptors (Lipinski definition) is 2. The van der Waals surface area contributed by atoms with Crippen LogP contribution in [0.1, 0.15) is 74.1 Å². The predicted octanol–water partition coefficient (Wildman–Crippen LogP) is 5.32. The van der Waals surface area contributed by atoms with E-state index in [1.54, 1.807) is 0 Å². The molecule has 0 aliphatic carbocycles. The monoisotopic (exact) mass is 308 g/mol. The lowest BCUT2D eigenvalue weighted by Crippen LogP contribution is -2.25. The Balaban J connectivity index is 4.74. The van der Waals surface area contributed by atoms with Crippen molar-refractivity contribution in [2.75, 3.05) is 0 Å². The molecule has 1 N–H and O–H groups in total. The van der Waals surface area contributed by atoms with E-state index in [1.807, 2.05) is 26.8 Å². The first-order valence-electron chi connectivity index (χ1n) is 8.81. The van der Waals surface area contributed by atoms with E-state index in [0.29, 0.717) is 12.3 Å². The quantitative estimate of drug-likeness (QED) is 0.438. The van der Waals surface area contributed by atoms with Gasteiger partial charge in [0, 0.05) is 5.92 Å². The van der Waals surface area contributed by atoms with E-state index in [-0.39, 0.29) is 11.7 Å². The van der Waals surface area contributed by atoms with Crippen LogP contribution >= 0.6 is 0 Å². The molecule has 128 valence electrons. The highest BCUT2D eigenvalue weighted by Crippen LogP contribution is 2.20. The van der Waals surface area contributed by atoms with Crippen LogP contribution in [0.4, 0.5) is 0 Å². The van der Waals surface area contributed by atoms with Crippen molar-refractivity contribution in [1.82, 2.24) is 0 Å². The SMILES string of the molecule is CCC[C@H](C)C[C@H](C)/C=C(C)/C=C(\C)C(=O)[C@H](C)[C@H](O)CC. The van der Waals surface area contributed by atoms with Gasteiger partial charge in [-0.1, -0.05) is 65.2 Å². The predicted molar refractivity (Wildman–Crippen MR) is 95.8 cm³/mol. The number of rotatable bonds is 10. The maximum atomic E-state index is 12.3. The minimum Gasteiger partial charge on any atom is -0.392 e. The van der Waals surface area contributed by atoms with Crippen LogP contribution in [-0.4, -0.2) is 17.0 Å². The average molecular weight is 309 g/mol. The molecule has 0 heterocycles. The van der Waals surface area contributed by atoms with E-state index in [2.05, 4.69) is 33.8 Å². The summed E-state index contributed by atoms with van der Waals surface area (Å²) in [6.45, 7) is 14.4. The summed E-state index contributed by atoms with van der Waals surface area (Å²) in [7, 11) is 0. The van der Waals surface area contributed by atoms with E-state index in [1.165, 1.54) is 19.3 Å². The smallest absolute Gasteiger partial charge is 0.163 e. The number of hydrogen-bond donors (Lipinski definition) is 1. The third kappa shape index (κ3) is 7.93. The van der Waals surface area contributed by atoms with E-state index in [4.69, 9.17) is 0 Å². The topological polar surface area (TPSA) is 37.3 Å². The van der Waals surface area contributed by atoms with Crippen molar-refractivity contribution in [2.45, 2.75) is 80.3 Å². The zero-order chi connectivity index (χ0) is 17.3. The first-order chi connectivity index (χ1) is 10.2. The highest BCUT2D eigenvalue weighted by atomic mass is 16.3. The van der Waals surface area contributed by atoms with Crippen LogP contribution in [0, 0.1) is 17.8 Å². The van der Waals surface area contributed by atoms with Gasteiger partial charge < -0.3 is 5.11 Å². The first kappa shape index (κ1) is 21.1. The van der Waals surface area contributed by atoms with Gasteiger partial charge in [-0.15, -0.1) is 0 Å². The highest BCUT2D eigenvalue weighted by molar-refractivity contribution is 5.97. The molecular weight excluding hydrogens is 272 g/mol. The molecule has 0 unspecified atom stereocenters. The van der Waals surface area contributed by atoms with Crippen LogP contribution in [-0.2, 0) is 4.79 Å². The second-order valence-corrected chi connectivity index (χ2v) is 6.97. The van der Waals surface area contributed by atoms with Gasteiger partial charge in [0.1, 0.15) is 0 Å². The molecule has 0 aromatic rings. The van der Waals surface area contributed by atoms with Crippen LogP contribution in [0.25, 0.3) is 0 Å². The summed E-state index contributed by atoms with van der Waals surface area (Å²) in [6, 6.07) is 0. The van der Waals surface area contributed by atoms with Gasteiger partial charge in [0.05, 0.1) is 6.10 Å². The summed E-state index contributed by atoms with van der Waals surface area (Å²) in [5.74, 6) is 1.000. The fraction of sp³-hybridized carbons (Fsp3) is 0.750. The summed E-state index contributed by atoms with van der Waals surface area (Å²) in [6.07, 6.45) is 7.98. The van der Waals surface area contributed by atoms with Gasteiger partial charge in [0.2, 0.25) is 0 Å². The Kier molecular flexibility index (Phi) is 10.3. The van der Waals surface area contributed by atoms with Gasteiger partial charge in [-0.25, -0.2) is 0 Å². The molecule has 0 saturated carbocycles. The molecule has 2 heteroatoms. The van der Waals surface area contributed by atoms with Crippen LogP contribution in [0.3, 0.4) is 0 Å². The van der Waals surface area contributed by atoms with Crippen LogP contribution in [0.15, 0.2) is 23.3 Å². The molecule has 0 aliphatic rings. The van der Waals surface area contributed by atoms with Crippen molar-refractivity contribution in [3.05, 3.63) is 23.3 Å². The van der Waals surface area contributed by atoms with Crippen molar-refractivity contribution in [3.8, 4) is 0 Å². The summed E-state index contributed by atoms with van der Waals surface area (Å²) in [4.78, 5) is 12.3. The van der Waals surface area contributed by atoms with E-state index < -0.39 is 6.10 Å². The van der Waals surface area contributed by atoms with E-state index >= 15 is 0 Å². The van der Waals surface area contributed by atoms with Gasteiger partial charge in [-0.05, 0) is 44.1 Å². The lowest BCUT2D eigenvalue weighted by molar-refractivity contribution is -0.121. The molecule has 22 heavy (non-hydrogen) atoms. The fourth-order valence-corrected chi connectivity index (χ4v) is 3.11. The van der Waals surface area contributed by atoms with E-state index in [0.717, 1.165) is 17.1 Å². The number of ketones is 1. The molecule has 4 atom stereocenters. The lowest BCUT2D eigenvalue weighted by atomic mass is 9.91. The molecule has 0 radical (unpaired) electrons. The molecule has 0 aromatic heterocycles. The molecular formula is C20H36O2. The maximum Gasteiger partial charge on any atom is 0.163 e. The number of aliphatic hydroxyl groups is 1. The third-order valence-corrected chi connectivity index (χ3v) is 4.34. The molecule has 0 fully saturated rings. The standard InChI is InChI=1S/C20H36O2/c1-8-10-14(3)11-15(4)12-16(5)13-17(6)20(22)18(7)19(21)9-2/h12-15,18-19,21H,8-11H2,1-7H3/b16-12+,17-13+/t14-,15-,18+,19+/m0/s1. The molecule has 0 rings (SSSR count). The minimum absolute atomic E-state index is 0.0501. The van der Waals surface area contributed by atoms with Gasteiger partial charge in [0.25, 0.3) is 0 Å². The Hall–Kier alpha value is -0.890. The summed E-state index contributed by atoms with van der Waals surface area (Å²) in [5, 5.41) is 9.81. The normalized spacial score (nSPS) is 18.7. The van der Waals surface area contributed by atoms with Crippen molar-refractivity contribution in [1.29, 1.82) is 0 Å². The fourth-order valence-electron chi connectivity index (χ4n) is 3.11. The molecule has 0 spiro atoms. The zero-order valence-electron chi connectivity index (χ0n) is 15.6. The lowest BCUT2D eigenvalue weighted by Gasteiger charge is -2.16. The summed E-state index contributed by atoms with van der Waals surface area (Å²) >= 11 is 0. The van der Waals surface area contributed by atoms with Crippen LogP contribution in [0.2, 0.25) is 0 Å². The summed E-state index contributed by atoms with van der Waals surface area (Å²) < 4.78 is 0. The Labute approximate surface area is 137 Å². The van der Waals surface area contributed by atoms with Crippen molar-refractivity contribution >= 4 is 5.78 Å². The van der Waals surface area contributed by atoms with Crippen molar-refractivity contribution in [2.24, 2.45) is 17.8 Å². The van der Waals surface area contributed by atoms with Crippen molar-refractivity contribution < 1.29 is 9.90 Å². The second-order valence-electron chi connectivity index (χ2n) is 6.97. The molecule has 0 aromatic carbocycles. The Morgan fingerprint density at radius 2 is 1.73 bits per heavy atom. The summed E-state index contributed by atoms with van der Waals surface area (Å²) in [5.41, 5.74) is 1.88. The van der Waals surface area contributed by atoms with Crippen LogP contribution in [0.5, 0.6) is 0 Å². The third-order valence-electron chi connectivity index (χ3n) is 4.34. The zero-order valence-corrected chi connectivity index (χ0v) is 15.6. The van der Waals surface area contributed by atoms with Crippen molar-refractivity contribution in [3.63, 3.8) is 0 Å². The maximum absolute atomic E-state index is 12.3. The molecule has 0 amide bonds. The Morgan fingerprint density at radius 3 is 2.23 bits per heavy atom.